The lowest BCUT2D eigenvalue weighted by Gasteiger charge is -2.17. The first-order valence-corrected chi connectivity index (χ1v) is 9.34. The van der Waals surface area contributed by atoms with Gasteiger partial charge in [0.15, 0.2) is 0 Å². The molecule has 25 heavy (non-hydrogen) atoms. The van der Waals surface area contributed by atoms with Crippen LogP contribution >= 0.6 is 11.3 Å². The number of aromatic nitrogens is 2. The van der Waals surface area contributed by atoms with Crippen LogP contribution in [0, 0.1) is 0 Å². The van der Waals surface area contributed by atoms with Crippen LogP contribution in [0.15, 0.2) is 65.6 Å². The summed E-state index contributed by atoms with van der Waals surface area (Å²) in [6, 6.07) is 14.1. The van der Waals surface area contributed by atoms with E-state index in [0.29, 0.717) is 13.1 Å². The van der Waals surface area contributed by atoms with Gasteiger partial charge in [-0.25, -0.2) is 4.79 Å². The predicted octanol–water partition coefficient (Wildman–Crippen LogP) is 3.47. The highest BCUT2D eigenvalue weighted by Gasteiger charge is 2.15. The van der Waals surface area contributed by atoms with Gasteiger partial charge >= 0.3 is 6.03 Å². The molecule has 0 saturated heterocycles. The highest BCUT2D eigenvalue weighted by Crippen LogP contribution is 2.19. The van der Waals surface area contributed by atoms with Gasteiger partial charge in [0.2, 0.25) is 0 Å². The number of hydrogen-bond acceptors (Lipinski definition) is 3. The third-order valence-electron chi connectivity index (χ3n) is 4.00. The minimum Gasteiger partial charge on any atom is -0.338 e. The lowest BCUT2D eigenvalue weighted by atomic mass is 10.1. The Morgan fingerprint density at radius 3 is 2.76 bits per heavy atom. The molecule has 2 N–H and O–H groups in total. The molecule has 1 atom stereocenters. The van der Waals surface area contributed by atoms with Crippen molar-refractivity contribution in [3.8, 4) is 0 Å². The number of nitrogens with zero attached hydrogens (tertiary/aromatic N) is 2. The van der Waals surface area contributed by atoms with Crippen LogP contribution in [0.4, 0.5) is 4.79 Å². The second-order valence-corrected chi connectivity index (χ2v) is 6.56. The van der Waals surface area contributed by atoms with Crippen molar-refractivity contribution in [2.45, 2.75) is 18.9 Å². The first-order chi connectivity index (χ1) is 12.3. The monoisotopic (exact) mass is 354 g/mol. The van der Waals surface area contributed by atoms with E-state index >= 15 is 0 Å². The van der Waals surface area contributed by atoms with Gasteiger partial charge in [-0.3, -0.25) is 4.68 Å². The number of urea groups is 1. The summed E-state index contributed by atoms with van der Waals surface area (Å²) in [5.74, 6) is 0. The molecule has 0 spiro atoms. The van der Waals surface area contributed by atoms with Gasteiger partial charge in [-0.2, -0.15) is 16.4 Å². The Balaban J connectivity index is 1.43. The van der Waals surface area contributed by atoms with Crippen molar-refractivity contribution in [1.29, 1.82) is 0 Å². The molecule has 3 rings (SSSR count). The maximum Gasteiger partial charge on any atom is 0.314 e. The van der Waals surface area contributed by atoms with Crippen molar-refractivity contribution in [1.82, 2.24) is 20.4 Å². The van der Waals surface area contributed by atoms with Gasteiger partial charge in [0.05, 0.1) is 6.04 Å². The van der Waals surface area contributed by atoms with E-state index in [2.05, 4.69) is 39.3 Å². The topological polar surface area (TPSA) is 59.0 Å². The molecule has 0 fully saturated rings. The van der Waals surface area contributed by atoms with E-state index in [4.69, 9.17) is 0 Å². The number of nitrogens with one attached hydrogen (secondary N) is 2. The van der Waals surface area contributed by atoms with Crippen molar-refractivity contribution >= 4 is 17.4 Å². The first-order valence-electron chi connectivity index (χ1n) is 8.40. The largest absolute Gasteiger partial charge is 0.338 e. The fourth-order valence-corrected chi connectivity index (χ4v) is 3.39. The van der Waals surface area contributed by atoms with Crippen LogP contribution in [0.5, 0.6) is 0 Å². The molecule has 2 aromatic heterocycles. The fraction of sp³-hybridized carbons (Fsp3) is 0.263. The van der Waals surface area contributed by atoms with E-state index < -0.39 is 0 Å². The maximum atomic E-state index is 12.0. The van der Waals surface area contributed by atoms with Crippen molar-refractivity contribution in [2.75, 3.05) is 13.1 Å². The van der Waals surface area contributed by atoms with Crippen LogP contribution in [0.2, 0.25) is 0 Å². The molecule has 0 aliphatic rings. The van der Waals surface area contributed by atoms with Gasteiger partial charge in [-0.15, -0.1) is 0 Å². The molecule has 0 saturated carbocycles. The van der Waals surface area contributed by atoms with Gasteiger partial charge in [0.25, 0.3) is 0 Å². The molecule has 0 aliphatic heterocycles. The van der Waals surface area contributed by atoms with E-state index in [9.17, 15) is 4.79 Å². The number of benzene rings is 1. The Labute approximate surface area is 151 Å². The van der Waals surface area contributed by atoms with Crippen molar-refractivity contribution in [3.05, 3.63) is 76.7 Å². The summed E-state index contributed by atoms with van der Waals surface area (Å²) >= 11 is 1.64. The summed E-state index contributed by atoms with van der Waals surface area (Å²) in [5, 5.41) is 14.3. The van der Waals surface area contributed by atoms with E-state index in [1.54, 1.807) is 17.5 Å². The van der Waals surface area contributed by atoms with Crippen LogP contribution in [0.25, 0.3) is 0 Å². The zero-order chi connectivity index (χ0) is 17.3. The number of thiophene rings is 1. The highest BCUT2D eigenvalue weighted by atomic mass is 32.1. The molecule has 0 radical (unpaired) electrons. The van der Waals surface area contributed by atoms with Gasteiger partial charge in [0.1, 0.15) is 0 Å². The van der Waals surface area contributed by atoms with E-state index in [0.717, 1.165) is 18.4 Å². The highest BCUT2D eigenvalue weighted by molar-refractivity contribution is 7.07. The number of aryl methyl sites for hydroxylation is 1. The average Bonchev–Trinajstić information content (AvgIpc) is 3.34. The molecule has 130 valence electrons. The van der Waals surface area contributed by atoms with Crippen LogP contribution in [-0.4, -0.2) is 28.9 Å². The third kappa shape index (κ3) is 5.19. The molecule has 1 aromatic carbocycles. The molecule has 0 aliphatic carbocycles. The molecule has 6 heteroatoms. The maximum absolute atomic E-state index is 12.0. The Morgan fingerprint density at radius 2 is 2.04 bits per heavy atom. The quantitative estimate of drug-likeness (QED) is 0.609. The standard InChI is InChI=1S/C19H22N4OS/c24-19(20-10-4-8-16-6-2-1-3-7-16)21-14-18(17-9-13-25-15-17)23-12-5-11-22-23/h1-3,5-7,9,11-13,15,18H,4,8,10,14H2,(H2,20,21,24). The lowest BCUT2D eigenvalue weighted by Crippen LogP contribution is -2.39. The van der Waals surface area contributed by atoms with Gasteiger partial charge in [-0.05, 0) is 46.9 Å². The summed E-state index contributed by atoms with van der Waals surface area (Å²) in [4.78, 5) is 12.0. The normalized spacial score (nSPS) is 11.8. The molecule has 1 unspecified atom stereocenters. The van der Waals surface area contributed by atoms with Crippen LogP contribution < -0.4 is 10.6 Å². The van der Waals surface area contributed by atoms with Crippen molar-refractivity contribution < 1.29 is 4.79 Å². The smallest absolute Gasteiger partial charge is 0.314 e. The summed E-state index contributed by atoms with van der Waals surface area (Å²) in [6.07, 6.45) is 5.56. The molecule has 0 bridgehead atoms. The van der Waals surface area contributed by atoms with Crippen LogP contribution in [0.3, 0.4) is 0 Å². The number of rotatable bonds is 8. The average molecular weight is 354 g/mol. The number of hydrogen-bond donors (Lipinski definition) is 2. The van der Waals surface area contributed by atoms with Gasteiger partial charge in [0, 0.05) is 25.5 Å². The number of carbonyl (C=O) groups is 1. The zero-order valence-electron chi connectivity index (χ0n) is 14.0. The molecule has 2 heterocycles. The Hall–Kier alpha value is -2.60. The Kier molecular flexibility index (Phi) is 6.23. The number of amides is 2. The van der Waals surface area contributed by atoms with E-state index in [1.165, 1.54) is 5.56 Å². The van der Waals surface area contributed by atoms with Gasteiger partial charge in [-0.1, -0.05) is 30.3 Å². The summed E-state index contributed by atoms with van der Waals surface area (Å²) < 4.78 is 1.87. The first kappa shape index (κ1) is 17.2. The second kappa shape index (κ2) is 9.03. The number of carbonyl (C=O) groups excluding carboxylic acids is 1. The Morgan fingerprint density at radius 1 is 1.16 bits per heavy atom. The summed E-state index contributed by atoms with van der Waals surface area (Å²) in [7, 11) is 0. The van der Waals surface area contributed by atoms with Crippen molar-refractivity contribution in [2.24, 2.45) is 0 Å². The second-order valence-electron chi connectivity index (χ2n) is 5.78. The van der Waals surface area contributed by atoms with Crippen LogP contribution in [0.1, 0.15) is 23.6 Å². The summed E-state index contributed by atoms with van der Waals surface area (Å²) in [6.45, 7) is 1.16. The molecular formula is C19H22N4OS. The zero-order valence-corrected chi connectivity index (χ0v) is 14.8. The Bertz CT molecular complexity index is 707. The van der Waals surface area contributed by atoms with Crippen molar-refractivity contribution in [3.63, 3.8) is 0 Å². The summed E-state index contributed by atoms with van der Waals surface area (Å²) in [5.41, 5.74) is 2.44. The molecule has 5 nitrogen and oxygen atoms in total. The van der Waals surface area contributed by atoms with E-state index in [-0.39, 0.29) is 12.1 Å². The fourth-order valence-electron chi connectivity index (χ4n) is 2.68. The minimum absolute atomic E-state index is 0.0105. The molecule has 3 aromatic rings. The third-order valence-corrected chi connectivity index (χ3v) is 4.70. The van der Waals surface area contributed by atoms with E-state index in [1.807, 2.05) is 40.5 Å². The van der Waals surface area contributed by atoms with Gasteiger partial charge < -0.3 is 10.6 Å². The minimum atomic E-state index is -0.138. The lowest BCUT2D eigenvalue weighted by molar-refractivity contribution is 0.239. The SMILES string of the molecule is O=C(NCCCc1ccccc1)NCC(c1ccsc1)n1cccn1. The van der Waals surface area contributed by atoms with Crippen LogP contribution in [-0.2, 0) is 6.42 Å². The molecular weight excluding hydrogens is 332 g/mol. The predicted molar refractivity (Wildman–Crippen MR) is 101 cm³/mol. The molecule has 2 amide bonds.